The molecule has 0 fully saturated rings. The zero-order valence-corrected chi connectivity index (χ0v) is 13.6. The van der Waals surface area contributed by atoms with E-state index in [9.17, 15) is 19.1 Å². The summed E-state index contributed by atoms with van der Waals surface area (Å²) in [7, 11) is 0. The number of hydrogen-bond donors (Lipinski definition) is 1. The summed E-state index contributed by atoms with van der Waals surface area (Å²) in [6.07, 6.45) is 0.986. The van der Waals surface area contributed by atoms with E-state index in [4.69, 9.17) is 4.74 Å². The molecule has 0 aromatic carbocycles. The van der Waals surface area contributed by atoms with E-state index in [1.165, 1.54) is 12.3 Å². The van der Waals surface area contributed by atoms with E-state index in [2.05, 4.69) is 20.9 Å². The Hall–Kier alpha value is -1.50. The summed E-state index contributed by atoms with van der Waals surface area (Å²) in [6.45, 7) is 5.11. The van der Waals surface area contributed by atoms with Gasteiger partial charge in [0.1, 0.15) is 5.60 Å². The van der Waals surface area contributed by atoms with Crippen molar-refractivity contribution in [1.82, 2.24) is 4.98 Å². The molecule has 0 aliphatic carbocycles. The van der Waals surface area contributed by atoms with Crippen LogP contribution >= 0.6 is 15.9 Å². The van der Waals surface area contributed by atoms with Gasteiger partial charge in [0.05, 0.1) is 16.8 Å². The van der Waals surface area contributed by atoms with Gasteiger partial charge in [-0.15, -0.1) is 0 Å². The van der Waals surface area contributed by atoms with Crippen LogP contribution < -0.4 is 0 Å². The maximum atomic E-state index is 13.3. The first kappa shape index (κ1) is 17.6. The second-order valence-corrected chi connectivity index (χ2v) is 6.40. The third-order valence-corrected chi connectivity index (χ3v) is 3.41. The maximum absolute atomic E-state index is 13.3. The highest BCUT2D eigenvalue weighted by molar-refractivity contribution is 9.10. The first-order valence-corrected chi connectivity index (χ1v) is 7.13. The number of carboxylic acids is 1. The molecule has 1 aromatic heterocycles. The van der Waals surface area contributed by atoms with Crippen LogP contribution in [0.5, 0.6) is 0 Å². The predicted octanol–water partition coefficient (Wildman–Crippen LogP) is 2.96. The lowest BCUT2D eigenvalue weighted by atomic mass is 9.97. The highest BCUT2D eigenvalue weighted by Gasteiger charge is 2.26. The van der Waals surface area contributed by atoms with Crippen LogP contribution in [0.1, 0.15) is 32.8 Å². The van der Waals surface area contributed by atoms with Crippen molar-refractivity contribution in [3.8, 4) is 0 Å². The van der Waals surface area contributed by atoms with E-state index in [1.807, 2.05) is 0 Å². The molecule has 0 spiro atoms. The van der Waals surface area contributed by atoms with Crippen LogP contribution in [-0.2, 0) is 20.7 Å². The molecule has 0 saturated heterocycles. The van der Waals surface area contributed by atoms with Crippen molar-refractivity contribution in [2.75, 3.05) is 0 Å². The Bertz CT molecular complexity index is 542. The number of hydrogen-bond acceptors (Lipinski definition) is 4. The minimum Gasteiger partial charge on any atom is -0.481 e. The quantitative estimate of drug-likeness (QED) is 0.644. The van der Waals surface area contributed by atoms with E-state index < -0.39 is 29.4 Å². The molecule has 0 aliphatic rings. The molecule has 1 aromatic rings. The SMILES string of the molecule is CC(C)(C)OC(=O)CC(Cc1ccnc(F)c1Br)C(=O)O. The molecule has 0 radical (unpaired) electrons. The molecule has 1 rings (SSSR count). The topological polar surface area (TPSA) is 76.5 Å². The number of rotatable bonds is 5. The summed E-state index contributed by atoms with van der Waals surface area (Å²) in [6, 6.07) is 1.51. The lowest BCUT2D eigenvalue weighted by molar-refractivity contribution is -0.159. The summed E-state index contributed by atoms with van der Waals surface area (Å²) < 4.78 is 18.5. The summed E-state index contributed by atoms with van der Waals surface area (Å²) in [5.74, 6) is -3.43. The fourth-order valence-electron chi connectivity index (χ4n) is 1.71. The Balaban J connectivity index is 2.82. The minimum absolute atomic E-state index is 0.00853. The number of carbonyl (C=O) groups is 2. The third-order valence-electron chi connectivity index (χ3n) is 2.58. The van der Waals surface area contributed by atoms with Gasteiger partial charge in [-0.05, 0) is 54.8 Å². The highest BCUT2D eigenvalue weighted by Crippen LogP contribution is 2.23. The van der Waals surface area contributed by atoms with E-state index in [0.29, 0.717) is 5.56 Å². The van der Waals surface area contributed by atoms with Gasteiger partial charge < -0.3 is 9.84 Å². The van der Waals surface area contributed by atoms with Crippen LogP contribution in [0.25, 0.3) is 0 Å². The number of nitrogens with zero attached hydrogens (tertiary/aromatic N) is 1. The van der Waals surface area contributed by atoms with Crippen LogP contribution in [0.3, 0.4) is 0 Å². The van der Waals surface area contributed by atoms with Crippen molar-refractivity contribution in [3.63, 3.8) is 0 Å². The van der Waals surface area contributed by atoms with Gasteiger partial charge >= 0.3 is 11.9 Å². The van der Waals surface area contributed by atoms with Crippen LogP contribution in [0, 0.1) is 11.9 Å². The normalized spacial score (nSPS) is 12.8. The Kier molecular flexibility index (Phi) is 5.83. The van der Waals surface area contributed by atoms with Gasteiger partial charge in [-0.1, -0.05) is 0 Å². The van der Waals surface area contributed by atoms with Gasteiger partial charge in [0.25, 0.3) is 0 Å². The summed E-state index contributed by atoms with van der Waals surface area (Å²) in [5, 5.41) is 9.21. The standard InChI is InChI=1S/C14H17BrFNO4/c1-14(2,3)21-10(18)7-9(13(19)20)6-8-4-5-17-12(16)11(8)15/h4-5,9H,6-7H2,1-3H3,(H,19,20). The lowest BCUT2D eigenvalue weighted by Crippen LogP contribution is -2.28. The van der Waals surface area contributed by atoms with E-state index in [-0.39, 0.29) is 17.3 Å². The zero-order valence-electron chi connectivity index (χ0n) is 12.0. The first-order chi connectivity index (χ1) is 9.60. The first-order valence-electron chi connectivity index (χ1n) is 6.33. The second kappa shape index (κ2) is 6.98. The zero-order chi connectivity index (χ0) is 16.2. The van der Waals surface area contributed by atoms with E-state index in [0.717, 1.165) is 0 Å². The summed E-state index contributed by atoms with van der Waals surface area (Å²) in [4.78, 5) is 26.4. The molecule has 0 aliphatic heterocycles. The van der Waals surface area contributed by atoms with E-state index >= 15 is 0 Å². The monoisotopic (exact) mass is 361 g/mol. The van der Waals surface area contributed by atoms with Gasteiger partial charge in [-0.25, -0.2) is 4.98 Å². The second-order valence-electron chi connectivity index (χ2n) is 5.60. The Morgan fingerprint density at radius 1 is 1.48 bits per heavy atom. The number of carbonyl (C=O) groups excluding carboxylic acids is 1. The van der Waals surface area contributed by atoms with Crippen LogP contribution in [-0.4, -0.2) is 27.6 Å². The fourth-order valence-corrected chi connectivity index (χ4v) is 2.11. The van der Waals surface area contributed by atoms with Crippen molar-refractivity contribution in [1.29, 1.82) is 0 Å². The smallest absolute Gasteiger partial charge is 0.307 e. The average Bonchev–Trinajstić information content (AvgIpc) is 2.31. The number of ether oxygens (including phenoxy) is 1. The Morgan fingerprint density at radius 3 is 2.62 bits per heavy atom. The Morgan fingerprint density at radius 2 is 2.10 bits per heavy atom. The van der Waals surface area contributed by atoms with Gasteiger partial charge in [0, 0.05) is 6.20 Å². The molecular weight excluding hydrogens is 345 g/mol. The molecule has 116 valence electrons. The van der Waals surface area contributed by atoms with Gasteiger partial charge in [-0.3, -0.25) is 9.59 Å². The number of esters is 1. The van der Waals surface area contributed by atoms with Crippen molar-refractivity contribution in [2.24, 2.45) is 5.92 Å². The van der Waals surface area contributed by atoms with Gasteiger partial charge in [0.15, 0.2) is 0 Å². The van der Waals surface area contributed by atoms with Gasteiger partial charge in [0.2, 0.25) is 5.95 Å². The van der Waals surface area contributed by atoms with Crippen LogP contribution in [0.2, 0.25) is 0 Å². The lowest BCUT2D eigenvalue weighted by Gasteiger charge is -2.21. The van der Waals surface area contributed by atoms with Crippen molar-refractivity contribution in [2.45, 2.75) is 39.2 Å². The molecule has 0 bridgehead atoms. The maximum Gasteiger partial charge on any atom is 0.307 e. The predicted molar refractivity (Wildman–Crippen MR) is 77.2 cm³/mol. The molecule has 1 N–H and O–H groups in total. The number of aliphatic carboxylic acids is 1. The molecule has 1 atom stereocenters. The minimum atomic E-state index is -1.13. The molecular formula is C14H17BrFNO4. The van der Waals surface area contributed by atoms with E-state index in [1.54, 1.807) is 20.8 Å². The number of halogens is 2. The molecule has 0 saturated carbocycles. The Labute approximate surface area is 130 Å². The molecule has 7 heteroatoms. The summed E-state index contributed by atoms with van der Waals surface area (Å²) >= 11 is 3.03. The number of aromatic nitrogens is 1. The fraction of sp³-hybridized carbons (Fsp3) is 0.500. The largest absolute Gasteiger partial charge is 0.481 e. The summed E-state index contributed by atoms with van der Waals surface area (Å²) in [5.41, 5.74) is -0.234. The number of pyridine rings is 1. The number of carboxylic acid groups (broad SMARTS) is 1. The van der Waals surface area contributed by atoms with Crippen LogP contribution in [0.4, 0.5) is 4.39 Å². The van der Waals surface area contributed by atoms with Crippen LogP contribution in [0.15, 0.2) is 16.7 Å². The molecule has 5 nitrogen and oxygen atoms in total. The average molecular weight is 362 g/mol. The molecule has 0 amide bonds. The van der Waals surface area contributed by atoms with Crippen molar-refractivity contribution < 1.29 is 23.8 Å². The third kappa shape index (κ3) is 5.79. The van der Waals surface area contributed by atoms with Gasteiger partial charge in [-0.2, -0.15) is 4.39 Å². The molecule has 1 unspecified atom stereocenters. The molecule has 21 heavy (non-hydrogen) atoms. The highest BCUT2D eigenvalue weighted by atomic mass is 79.9. The van der Waals surface area contributed by atoms with Crippen molar-refractivity contribution in [3.05, 3.63) is 28.2 Å². The van der Waals surface area contributed by atoms with Crippen molar-refractivity contribution >= 4 is 27.9 Å². The molecule has 1 heterocycles.